The number of hydrogen-bond donors (Lipinski definition) is 2. The molecule has 1 aromatic carbocycles. The van der Waals surface area contributed by atoms with Crippen LogP contribution in [-0.2, 0) is 15.8 Å². The van der Waals surface area contributed by atoms with Crippen LogP contribution in [0.4, 0.5) is 30.4 Å². The lowest BCUT2D eigenvalue weighted by atomic mass is 9.96. The number of hydrogen-bond acceptors (Lipinski definition) is 4. The number of nitrogens with one attached hydrogen (secondary N) is 2. The first-order valence-electron chi connectivity index (χ1n) is 9.76. The number of benzene rings is 1. The van der Waals surface area contributed by atoms with Crippen molar-refractivity contribution in [3.8, 4) is 0 Å². The van der Waals surface area contributed by atoms with E-state index in [2.05, 4.69) is 15.6 Å². The highest BCUT2D eigenvalue weighted by atomic mass is 19.4. The predicted molar refractivity (Wildman–Crippen MR) is 108 cm³/mol. The highest BCUT2D eigenvalue weighted by molar-refractivity contribution is 5.95. The molecule has 160 valence electrons. The first-order chi connectivity index (χ1) is 14.3. The zero-order chi connectivity index (χ0) is 21.7. The Morgan fingerprint density at radius 3 is 2.60 bits per heavy atom. The number of nitrogens with zero attached hydrogens (tertiary/aromatic N) is 2. The summed E-state index contributed by atoms with van der Waals surface area (Å²) in [7, 11) is 0. The molecule has 30 heavy (non-hydrogen) atoms. The zero-order valence-corrected chi connectivity index (χ0v) is 16.5. The molecule has 1 unspecified atom stereocenters. The third-order valence-corrected chi connectivity index (χ3v) is 4.92. The molecule has 2 N–H and O–H groups in total. The van der Waals surface area contributed by atoms with Crippen LogP contribution in [0.1, 0.15) is 31.7 Å². The second-order valence-corrected chi connectivity index (χ2v) is 7.13. The van der Waals surface area contributed by atoms with Gasteiger partial charge in [0.2, 0.25) is 11.8 Å². The predicted octanol–water partition coefficient (Wildman–Crippen LogP) is 4.30. The number of aromatic nitrogens is 1. The van der Waals surface area contributed by atoms with Crippen LogP contribution in [0.3, 0.4) is 0 Å². The van der Waals surface area contributed by atoms with Crippen molar-refractivity contribution in [3.63, 3.8) is 0 Å². The van der Waals surface area contributed by atoms with Gasteiger partial charge in [0, 0.05) is 37.1 Å². The summed E-state index contributed by atoms with van der Waals surface area (Å²) in [6.07, 6.45) is -1.70. The van der Waals surface area contributed by atoms with E-state index in [4.69, 9.17) is 0 Å². The molecule has 2 heterocycles. The number of piperidine rings is 1. The van der Waals surface area contributed by atoms with E-state index < -0.39 is 17.7 Å². The lowest BCUT2D eigenvalue weighted by Crippen LogP contribution is -2.42. The number of pyridine rings is 1. The molecule has 1 aliphatic heterocycles. The first-order valence-corrected chi connectivity index (χ1v) is 9.76. The van der Waals surface area contributed by atoms with Crippen LogP contribution in [0.25, 0.3) is 0 Å². The maximum Gasteiger partial charge on any atom is 0.419 e. The quantitative estimate of drug-likeness (QED) is 0.756. The Labute approximate surface area is 172 Å². The molecule has 1 saturated heterocycles. The fraction of sp³-hybridized carbons (Fsp3) is 0.381. The molecular weight excluding hydrogens is 397 g/mol. The van der Waals surface area contributed by atoms with Gasteiger partial charge in [0.05, 0.1) is 11.5 Å². The molecule has 1 fully saturated rings. The molecule has 1 atom stereocenters. The molecule has 2 aromatic rings. The molecular formula is C21H23F3N4O2. The fourth-order valence-electron chi connectivity index (χ4n) is 3.42. The summed E-state index contributed by atoms with van der Waals surface area (Å²) in [5, 5.41) is 5.52. The van der Waals surface area contributed by atoms with Crippen LogP contribution >= 0.6 is 0 Å². The van der Waals surface area contributed by atoms with Gasteiger partial charge < -0.3 is 15.5 Å². The highest BCUT2D eigenvalue weighted by Gasteiger charge is 2.37. The minimum atomic E-state index is -4.51. The topological polar surface area (TPSA) is 74.3 Å². The average molecular weight is 420 g/mol. The van der Waals surface area contributed by atoms with Gasteiger partial charge in [-0.2, -0.15) is 13.2 Å². The van der Waals surface area contributed by atoms with Crippen molar-refractivity contribution in [2.75, 3.05) is 28.6 Å². The van der Waals surface area contributed by atoms with Crippen molar-refractivity contribution in [2.24, 2.45) is 5.92 Å². The van der Waals surface area contributed by atoms with Gasteiger partial charge in [-0.3, -0.25) is 9.59 Å². The molecule has 0 bridgehead atoms. The number of carbonyl (C=O) groups excluding carboxylic acids is 2. The summed E-state index contributed by atoms with van der Waals surface area (Å²) >= 11 is 0. The van der Waals surface area contributed by atoms with E-state index in [1.54, 1.807) is 31.2 Å². The maximum absolute atomic E-state index is 13.3. The van der Waals surface area contributed by atoms with Gasteiger partial charge in [0.1, 0.15) is 5.82 Å². The summed E-state index contributed by atoms with van der Waals surface area (Å²) in [4.78, 5) is 29.7. The molecule has 1 aromatic heterocycles. The summed E-state index contributed by atoms with van der Waals surface area (Å²) in [6, 6.07) is 9.02. The van der Waals surface area contributed by atoms with E-state index in [0.29, 0.717) is 37.2 Å². The normalized spacial score (nSPS) is 16.8. The number of alkyl halides is 3. The Balaban J connectivity index is 1.70. The van der Waals surface area contributed by atoms with Crippen molar-refractivity contribution >= 4 is 29.0 Å². The molecule has 0 aliphatic carbocycles. The molecule has 0 saturated carbocycles. The number of anilines is 3. The molecule has 6 nitrogen and oxygen atoms in total. The largest absolute Gasteiger partial charge is 0.419 e. The number of halogens is 3. The van der Waals surface area contributed by atoms with Gasteiger partial charge in [-0.25, -0.2) is 4.98 Å². The van der Waals surface area contributed by atoms with Gasteiger partial charge in [-0.05, 0) is 43.2 Å². The molecule has 2 amide bonds. The fourth-order valence-corrected chi connectivity index (χ4v) is 3.42. The van der Waals surface area contributed by atoms with E-state index in [-0.39, 0.29) is 24.2 Å². The third-order valence-electron chi connectivity index (χ3n) is 4.92. The second-order valence-electron chi connectivity index (χ2n) is 7.13. The summed E-state index contributed by atoms with van der Waals surface area (Å²) in [5.41, 5.74) is 0.276. The Morgan fingerprint density at radius 1 is 1.17 bits per heavy atom. The van der Waals surface area contributed by atoms with Crippen LogP contribution in [-0.4, -0.2) is 29.9 Å². The lowest BCUT2D eigenvalue weighted by molar-refractivity contribution is -0.137. The van der Waals surface area contributed by atoms with Crippen molar-refractivity contribution in [1.29, 1.82) is 0 Å². The highest BCUT2D eigenvalue weighted by Crippen LogP contribution is 2.36. The SMILES string of the molecule is CCC(=O)Nc1cccc(NC(=O)C2CCCN(c3ncccc3C(F)(F)F)C2)c1. The van der Waals surface area contributed by atoms with Gasteiger partial charge >= 0.3 is 6.18 Å². The van der Waals surface area contributed by atoms with E-state index in [9.17, 15) is 22.8 Å². The van der Waals surface area contributed by atoms with E-state index in [1.807, 2.05) is 0 Å². The standard InChI is InChI=1S/C21H23F3N4O2/c1-2-18(29)26-15-7-3-8-16(12-15)27-20(30)14-6-5-11-28(13-14)19-17(21(22,23)24)9-4-10-25-19/h3-4,7-10,12,14H,2,5-6,11,13H2,1H3,(H,26,29)(H,27,30). The Kier molecular flexibility index (Phi) is 6.59. The van der Waals surface area contributed by atoms with E-state index in [0.717, 1.165) is 6.07 Å². The molecule has 9 heteroatoms. The molecule has 0 spiro atoms. The third kappa shape index (κ3) is 5.28. The van der Waals surface area contributed by atoms with Gasteiger partial charge in [0.15, 0.2) is 0 Å². The van der Waals surface area contributed by atoms with Crippen LogP contribution in [0, 0.1) is 5.92 Å². The van der Waals surface area contributed by atoms with Crippen LogP contribution in [0.5, 0.6) is 0 Å². The van der Waals surface area contributed by atoms with Crippen LogP contribution in [0.2, 0.25) is 0 Å². The zero-order valence-electron chi connectivity index (χ0n) is 16.5. The Hall–Kier alpha value is -3.10. The van der Waals surface area contributed by atoms with Crippen molar-refractivity contribution in [1.82, 2.24) is 4.98 Å². The van der Waals surface area contributed by atoms with Crippen molar-refractivity contribution in [3.05, 3.63) is 48.2 Å². The molecule has 3 rings (SSSR count). The summed E-state index contributed by atoms with van der Waals surface area (Å²) in [5.74, 6) is -1.04. The van der Waals surface area contributed by atoms with E-state index >= 15 is 0 Å². The minimum absolute atomic E-state index is 0.141. The van der Waals surface area contributed by atoms with Crippen molar-refractivity contribution < 1.29 is 22.8 Å². The smallest absolute Gasteiger partial charge is 0.355 e. The van der Waals surface area contributed by atoms with Crippen molar-refractivity contribution in [2.45, 2.75) is 32.4 Å². The number of amides is 2. The number of rotatable bonds is 5. The molecule has 1 aliphatic rings. The monoisotopic (exact) mass is 420 g/mol. The van der Waals surface area contributed by atoms with Crippen LogP contribution in [0.15, 0.2) is 42.6 Å². The second kappa shape index (κ2) is 9.15. The average Bonchev–Trinajstić information content (AvgIpc) is 2.73. The lowest BCUT2D eigenvalue weighted by Gasteiger charge is -2.34. The Morgan fingerprint density at radius 2 is 1.90 bits per heavy atom. The van der Waals surface area contributed by atoms with E-state index in [1.165, 1.54) is 17.2 Å². The minimum Gasteiger partial charge on any atom is -0.355 e. The van der Waals surface area contributed by atoms with Crippen LogP contribution < -0.4 is 15.5 Å². The summed E-state index contributed by atoms with van der Waals surface area (Å²) in [6.45, 7) is 2.29. The van der Waals surface area contributed by atoms with Gasteiger partial charge in [0.25, 0.3) is 0 Å². The number of carbonyl (C=O) groups is 2. The first kappa shape index (κ1) is 21.6. The molecule has 0 radical (unpaired) electrons. The maximum atomic E-state index is 13.3. The summed E-state index contributed by atoms with van der Waals surface area (Å²) < 4.78 is 40.0. The Bertz CT molecular complexity index is 917. The van der Waals surface area contributed by atoms with Gasteiger partial charge in [-0.1, -0.05) is 13.0 Å². The van der Waals surface area contributed by atoms with Gasteiger partial charge in [-0.15, -0.1) is 0 Å².